The number of rotatable bonds is 3. The van der Waals surface area contributed by atoms with Gasteiger partial charge < -0.3 is 10.4 Å². The molecular formula is C15H14FN3O2. The van der Waals surface area contributed by atoms with Crippen LogP contribution in [0, 0.1) is 17.7 Å². The molecule has 1 heterocycles. The molecule has 2 rings (SSSR count). The summed E-state index contributed by atoms with van der Waals surface area (Å²) in [7, 11) is 1.78. The van der Waals surface area contributed by atoms with Gasteiger partial charge in [0.25, 0.3) is 5.91 Å². The Morgan fingerprint density at radius 3 is 2.95 bits per heavy atom. The Bertz CT molecular complexity index is 713. The van der Waals surface area contributed by atoms with Crippen LogP contribution in [0.3, 0.4) is 0 Å². The van der Waals surface area contributed by atoms with E-state index in [2.05, 4.69) is 22.3 Å². The van der Waals surface area contributed by atoms with Crippen molar-refractivity contribution in [2.24, 2.45) is 7.05 Å². The van der Waals surface area contributed by atoms with Gasteiger partial charge in [0.05, 0.1) is 17.8 Å². The lowest BCUT2D eigenvalue weighted by atomic mass is 10.1. The molecule has 108 valence electrons. The van der Waals surface area contributed by atoms with E-state index in [4.69, 9.17) is 5.11 Å². The van der Waals surface area contributed by atoms with E-state index in [9.17, 15) is 9.18 Å². The monoisotopic (exact) mass is 287 g/mol. The molecule has 0 bridgehead atoms. The molecule has 5 nitrogen and oxygen atoms in total. The van der Waals surface area contributed by atoms with E-state index in [-0.39, 0.29) is 23.6 Å². The van der Waals surface area contributed by atoms with E-state index >= 15 is 0 Å². The second kappa shape index (κ2) is 6.68. The minimum absolute atomic E-state index is 0.242. The summed E-state index contributed by atoms with van der Waals surface area (Å²) >= 11 is 0. The van der Waals surface area contributed by atoms with Crippen LogP contribution in [0.4, 0.5) is 4.39 Å². The number of hydrogen-bond donors (Lipinski definition) is 2. The largest absolute Gasteiger partial charge is 0.384 e. The van der Waals surface area contributed by atoms with Crippen molar-refractivity contribution in [3.63, 3.8) is 0 Å². The Morgan fingerprint density at radius 1 is 1.48 bits per heavy atom. The van der Waals surface area contributed by atoms with E-state index < -0.39 is 5.82 Å². The number of aryl methyl sites for hydroxylation is 1. The van der Waals surface area contributed by atoms with Gasteiger partial charge in [-0.25, -0.2) is 4.39 Å². The van der Waals surface area contributed by atoms with Gasteiger partial charge in [0.2, 0.25) is 0 Å². The van der Waals surface area contributed by atoms with E-state index in [1.807, 2.05) is 0 Å². The number of aliphatic hydroxyl groups is 1. The Kier molecular flexibility index (Phi) is 4.69. The van der Waals surface area contributed by atoms with E-state index in [0.717, 1.165) is 5.69 Å². The lowest BCUT2D eigenvalue weighted by Gasteiger charge is -2.07. The molecule has 0 aliphatic rings. The van der Waals surface area contributed by atoms with E-state index in [1.165, 1.54) is 18.2 Å². The summed E-state index contributed by atoms with van der Waals surface area (Å²) < 4.78 is 14.9. The van der Waals surface area contributed by atoms with Crippen molar-refractivity contribution in [2.75, 3.05) is 6.61 Å². The third kappa shape index (κ3) is 3.68. The number of halogens is 1. The zero-order valence-electron chi connectivity index (χ0n) is 11.4. The first-order valence-electron chi connectivity index (χ1n) is 6.26. The number of aromatic nitrogens is 2. The van der Waals surface area contributed by atoms with Crippen LogP contribution in [0.5, 0.6) is 0 Å². The summed E-state index contributed by atoms with van der Waals surface area (Å²) in [4.78, 5) is 12.2. The number of carbonyl (C=O) groups is 1. The molecule has 0 spiro atoms. The fourth-order valence-electron chi connectivity index (χ4n) is 1.79. The molecule has 1 aromatic heterocycles. The highest BCUT2D eigenvalue weighted by Gasteiger charge is 2.11. The topological polar surface area (TPSA) is 67.2 Å². The van der Waals surface area contributed by atoms with Crippen LogP contribution in [0.15, 0.2) is 30.5 Å². The van der Waals surface area contributed by atoms with Crippen molar-refractivity contribution in [2.45, 2.75) is 6.54 Å². The first-order valence-corrected chi connectivity index (χ1v) is 6.26. The summed E-state index contributed by atoms with van der Waals surface area (Å²) in [5.41, 5.74) is 1.35. The van der Waals surface area contributed by atoms with Crippen LogP contribution in [-0.2, 0) is 13.6 Å². The fourth-order valence-corrected chi connectivity index (χ4v) is 1.79. The predicted octanol–water partition coefficient (Wildman–Crippen LogP) is 0.833. The summed E-state index contributed by atoms with van der Waals surface area (Å²) in [5, 5.41) is 15.4. The Labute approximate surface area is 121 Å². The summed E-state index contributed by atoms with van der Waals surface area (Å²) in [6.45, 7) is -0.0494. The standard InChI is InChI=1S/C15H14FN3O2/c1-19-13(6-7-18-19)10-17-15(21)14-5-4-12(16)9-11(14)3-2-8-20/h4-7,9,20H,8,10H2,1H3,(H,17,21). The van der Waals surface area contributed by atoms with Crippen LogP contribution in [-0.4, -0.2) is 27.4 Å². The van der Waals surface area contributed by atoms with Gasteiger partial charge in [-0.3, -0.25) is 9.48 Å². The molecule has 6 heteroatoms. The molecular weight excluding hydrogens is 273 g/mol. The van der Waals surface area contributed by atoms with Gasteiger partial charge >= 0.3 is 0 Å². The minimum Gasteiger partial charge on any atom is -0.384 e. The lowest BCUT2D eigenvalue weighted by Crippen LogP contribution is -2.25. The fraction of sp³-hybridized carbons (Fsp3) is 0.200. The highest BCUT2D eigenvalue weighted by molar-refractivity contribution is 5.96. The van der Waals surface area contributed by atoms with Crippen molar-refractivity contribution >= 4 is 5.91 Å². The second-order valence-electron chi connectivity index (χ2n) is 4.28. The minimum atomic E-state index is -0.486. The van der Waals surface area contributed by atoms with Gasteiger partial charge in [0.1, 0.15) is 12.4 Å². The maximum absolute atomic E-state index is 13.2. The quantitative estimate of drug-likeness (QED) is 0.822. The first-order chi connectivity index (χ1) is 10.1. The molecule has 0 saturated carbocycles. The van der Waals surface area contributed by atoms with Crippen molar-refractivity contribution in [3.8, 4) is 11.8 Å². The van der Waals surface area contributed by atoms with Gasteiger partial charge in [-0.15, -0.1) is 0 Å². The average Bonchev–Trinajstić information content (AvgIpc) is 2.88. The van der Waals surface area contributed by atoms with Gasteiger partial charge in [-0.1, -0.05) is 11.8 Å². The predicted molar refractivity (Wildman–Crippen MR) is 74.7 cm³/mol. The maximum atomic E-state index is 13.2. The molecule has 0 aliphatic carbocycles. The molecule has 0 unspecified atom stereocenters. The smallest absolute Gasteiger partial charge is 0.252 e. The van der Waals surface area contributed by atoms with Crippen LogP contribution < -0.4 is 5.32 Å². The third-order valence-corrected chi connectivity index (χ3v) is 2.88. The molecule has 0 atom stereocenters. The zero-order valence-corrected chi connectivity index (χ0v) is 11.4. The van der Waals surface area contributed by atoms with E-state index in [0.29, 0.717) is 6.54 Å². The Morgan fingerprint density at radius 2 is 2.29 bits per heavy atom. The summed E-state index contributed by atoms with van der Waals surface area (Å²) in [6, 6.07) is 5.53. The van der Waals surface area contributed by atoms with Crippen LogP contribution >= 0.6 is 0 Å². The highest BCUT2D eigenvalue weighted by atomic mass is 19.1. The van der Waals surface area contributed by atoms with Crippen LogP contribution in [0.25, 0.3) is 0 Å². The molecule has 0 saturated heterocycles. The van der Waals surface area contributed by atoms with Crippen molar-refractivity contribution in [1.29, 1.82) is 0 Å². The number of carbonyl (C=O) groups excluding carboxylic acids is 1. The van der Waals surface area contributed by atoms with Gasteiger partial charge in [-0.05, 0) is 24.3 Å². The normalized spacial score (nSPS) is 9.86. The maximum Gasteiger partial charge on any atom is 0.252 e. The molecule has 1 amide bonds. The molecule has 2 aromatic rings. The molecule has 1 aromatic carbocycles. The van der Waals surface area contributed by atoms with Crippen molar-refractivity contribution < 1.29 is 14.3 Å². The van der Waals surface area contributed by atoms with Crippen molar-refractivity contribution in [1.82, 2.24) is 15.1 Å². The van der Waals surface area contributed by atoms with Crippen LogP contribution in [0.2, 0.25) is 0 Å². The number of benzene rings is 1. The number of amides is 1. The van der Waals surface area contributed by atoms with Gasteiger partial charge in [0.15, 0.2) is 0 Å². The molecule has 0 fully saturated rings. The second-order valence-corrected chi connectivity index (χ2v) is 4.28. The summed E-state index contributed by atoms with van der Waals surface area (Å²) in [5.74, 6) is 4.13. The van der Waals surface area contributed by atoms with Crippen molar-refractivity contribution in [3.05, 3.63) is 53.1 Å². The Hall–Kier alpha value is -2.65. The number of nitrogens with zero attached hydrogens (tertiary/aromatic N) is 2. The Balaban J connectivity index is 2.17. The van der Waals surface area contributed by atoms with E-state index in [1.54, 1.807) is 24.0 Å². The molecule has 2 N–H and O–H groups in total. The van der Waals surface area contributed by atoms with Gasteiger partial charge in [-0.2, -0.15) is 5.10 Å². The highest BCUT2D eigenvalue weighted by Crippen LogP contribution is 2.11. The zero-order chi connectivity index (χ0) is 15.2. The number of nitrogens with one attached hydrogen (secondary N) is 1. The lowest BCUT2D eigenvalue weighted by molar-refractivity contribution is 0.0949. The SMILES string of the molecule is Cn1nccc1CNC(=O)c1ccc(F)cc1C#CCO. The van der Waals surface area contributed by atoms with Gasteiger partial charge in [0, 0.05) is 18.8 Å². The third-order valence-electron chi connectivity index (χ3n) is 2.88. The molecule has 0 radical (unpaired) electrons. The molecule has 21 heavy (non-hydrogen) atoms. The first kappa shape index (κ1) is 14.8. The number of hydrogen-bond acceptors (Lipinski definition) is 3. The summed E-state index contributed by atoms with van der Waals surface area (Å²) in [6.07, 6.45) is 1.64. The van der Waals surface area contributed by atoms with Crippen LogP contribution in [0.1, 0.15) is 21.6 Å². The number of aliphatic hydroxyl groups excluding tert-OH is 1. The average molecular weight is 287 g/mol. The molecule has 0 aliphatic heterocycles.